The second-order valence-electron chi connectivity index (χ2n) is 9.91. The van der Waals surface area contributed by atoms with Gasteiger partial charge in [-0.3, -0.25) is 24.1 Å². The molecular formula is C32H34BrN3O4. The first-order valence-electron chi connectivity index (χ1n) is 13.7. The summed E-state index contributed by atoms with van der Waals surface area (Å²) in [5.41, 5.74) is 2.63. The summed E-state index contributed by atoms with van der Waals surface area (Å²) in [5.74, 6) is -1.07. The van der Waals surface area contributed by atoms with Crippen LogP contribution in [0.1, 0.15) is 64.4 Å². The van der Waals surface area contributed by atoms with E-state index in [1.165, 1.54) is 4.90 Å². The maximum atomic E-state index is 13.8. The van der Waals surface area contributed by atoms with E-state index in [1.807, 2.05) is 54.6 Å². The molecule has 7 nitrogen and oxygen atoms in total. The minimum absolute atomic E-state index is 0.0922. The van der Waals surface area contributed by atoms with Crippen LogP contribution < -0.4 is 5.32 Å². The molecule has 1 aliphatic rings. The van der Waals surface area contributed by atoms with Crippen molar-refractivity contribution in [1.82, 2.24) is 15.1 Å². The number of rotatable bonds is 13. The van der Waals surface area contributed by atoms with Crippen molar-refractivity contribution in [3.05, 3.63) is 106 Å². The first kappa shape index (κ1) is 29.2. The van der Waals surface area contributed by atoms with E-state index in [-0.39, 0.29) is 43.1 Å². The predicted octanol–water partition coefficient (Wildman–Crippen LogP) is 5.38. The summed E-state index contributed by atoms with van der Waals surface area (Å²) in [7, 11) is 0. The number of nitrogens with zero attached hydrogens (tertiary/aromatic N) is 2. The lowest BCUT2D eigenvalue weighted by atomic mass is 10.0. The summed E-state index contributed by atoms with van der Waals surface area (Å²) >= 11 is 3.50. The molecule has 1 N–H and O–H groups in total. The number of carbonyl (C=O) groups excluding carboxylic acids is 4. The molecule has 1 unspecified atom stereocenters. The van der Waals surface area contributed by atoms with Crippen molar-refractivity contribution in [3.8, 4) is 0 Å². The van der Waals surface area contributed by atoms with Gasteiger partial charge in [0.2, 0.25) is 11.8 Å². The molecule has 0 aliphatic carbocycles. The fourth-order valence-electron chi connectivity index (χ4n) is 4.87. The SMILES string of the molecule is CCCCNC(=O)C(Cc1ccccc1)N(Cc1cccc(Br)c1)C(=O)CCCN1C(=O)c2ccccc2C1=O. The molecule has 0 fully saturated rings. The quantitative estimate of drug-likeness (QED) is 0.210. The fourth-order valence-corrected chi connectivity index (χ4v) is 5.31. The number of imide groups is 1. The van der Waals surface area contributed by atoms with Gasteiger partial charge in [0.15, 0.2) is 0 Å². The van der Waals surface area contributed by atoms with E-state index in [1.54, 1.807) is 29.2 Å². The Labute approximate surface area is 243 Å². The number of benzene rings is 3. The van der Waals surface area contributed by atoms with Crippen LogP contribution >= 0.6 is 15.9 Å². The van der Waals surface area contributed by atoms with Crippen LogP contribution in [0.5, 0.6) is 0 Å². The molecule has 40 heavy (non-hydrogen) atoms. The zero-order valence-electron chi connectivity index (χ0n) is 22.6. The Hall–Kier alpha value is -3.78. The van der Waals surface area contributed by atoms with E-state index in [4.69, 9.17) is 0 Å². The first-order chi connectivity index (χ1) is 19.4. The highest BCUT2D eigenvalue weighted by molar-refractivity contribution is 9.10. The highest BCUT2D eigenvalue weighted by Crippen LogP contribution is 2.23. The highest BCUT2D eigenvalue weighted by Gasteiger charge is 2.35. The summed E-state index contributed by atoms with van der Waals surface area (Å²) in [5, 5.41) is 3.02. The summed E-state index contributed by atoms with van der Waals surface area (Å²) in [6, 6.07) is 23.4. The van der Waals surface area contributed by atoms with E-state index >= 15 is 0 Å². The van der Waals surface area contributed by atoms with Gasteiger partial charge in [0.05, 0.1) is 11.1 Å². The smallest absolute Gasteiger partial charge is 0.261 e. The third-order valence-electron chi connectivity index (χ3n) is 6.99. The number of amides is 4. The summed E-state index contributed by atoms with van der Waals surface area (Å²) in [6.07, 6.45) is 2.56. The van der Waals surface area contributed by atoms with Crippen molar-refractivity contribution >= 4 is 39.6 Å². The van der Waals surface area contributed by atoms with Crippen molar-refractivity contribution in [2.75, 3.05) is 13.1 Å². The van der Waals surface area contributed by atoms with Gasteiger partial charge in [-0.2, -0.15) is 0 Å². The number of unbranched alkanes of at least 4 members (excludes halogenated alkanes) is 1. The van der Waals surface area contributed by atoms with Crippen molar-refractivity contribution in [3.63, 3.8) is 0 Å². The number of carbonyl (C=O) groups is 4. The Morgan fingerprint density at radius 3 is 2.17 bits per heavy atom. The molecule has 1 atom stereocenters. The van der Waals surface area contributed by atoms with Crippen LogP contribution in [-0.2, 0) is 22.6 Å². The number of fused-ring (bicyclic) bond motifs is 1. The number of nitrogens with one attached hydrogen (secondary N) is 1. The molecule has 0 spiro atoms. The second kappa shape index (κ2) is 14.0. The van der Waals surface area contributed by atoms with E-state index in [0.29, 0.717) is 30.5 Å². The highest BCUT2D eigenvalue weighted by atomic mass is 79.9. The number of hydrogen-bond acceptors (Lipinski definition) is 4. The fraction of sp³-hybridized carbons (Fsp3) is 0.312. The zero-order chi connectivity index (χ0) is 28.5. The molecule has 3 aromatic carbocycles. The van der Waals surface area contributed by atoms with Crippen LogP contribution in [0.3, 0.4) is 0 Å². The van der Waals surface area contributed by atoms with Gasteiger partial charge in [-0.1, -0.05) is 83.9 Å². The summed E-state index contributed by atoms with van der Waals surface area (Å²) < 4.78 is 0.884. The lowest BCUT2D eigenvalue weighted by molar-refractivity contribution is -0.141. The van der Waals surface area contributed by atoms with E-state index in [2.05, 4.69) is 28.2 Å². The van der Waals surface area contributed by atoms with Gasteiger partial charge in [0.1, 0.15) is 6.04 Å². The van der Waals surface area contributed by atoms with Crippen LogP contribution in [0.2, 0.25) is 0 Å². The van der Waals surface area contributed by atoms with Crippen molar-refractivity contribution < 1.29 is 19.2 Å². The maximum absolute atomic E-state index is 13.8. The molecule has 4 amide bonds. The maximum Gasteiger partial charge on any atom is 0.261 e. The molecule has 0 aromatic heterocycles. The third-order valence-corrected chi connectivity index (χ3v) is 7.49. The van der Waals surface area contributed by atoms with Crippen molar-refractivity contribution in [2.24, 2.45) is 0 Å². The van der Waals surface area contributed by atoms with Crippen LogP contribution in [-0.4, -0.2) is 52.6 Å². The minimum Gasteiger partial charge on any atom is -0.354 e. The van der Waals surface area contributed by atoms with Crippen molar-refractivity contribution in [1.29, 1.82) is 0 Å². The third kappa shape index (κ3) is 7.24. The molecule has 0 saturated heterocycles. The van der Waals surface area contributed by atoms with Gasteiger partial charge >= 0.3 is 0 Å². The normalized spacial score (nSPS) is 13.2. The molecule has 0 bridgehead atoms. The monoisotopic (exact) mass is 603 g/mol. The molecule has 4 rings (SSSR count). The van der Waals surface area contributed by atoms with Crippen LogP contribution in [0.25, 0.3) is 0 Å². The Bertz CT molecular complexity index is 1330. The molecule has 3 aromatic rings. The lowest BCUT2D eigenvalue weighted by Gasteiger charge is -2.32. The topological polar surface area (TPSA) is 86.8 Å². The standard InChI is InChI=1S/C32H34BrN3O4/c1-2-3-18-34-30(38)28(21-23-11-5-4-6-12-23)36(22-24-13-9-14-25(33)20-24)29(37)17-10-19-35-31(39)26-15-7-8-16-27(26)32(35)40/h4-9,11-16,20,28H,2-3,10,17-19,21-22H2,1H3,(H,34,38). The van der Waals surface area contributed by atoms with Gasteiger partial charge in [-0.15, -0.1) is 0 Å². The second-order valence-corrected chi connectivity index (χ2v) is 10.8. The molecule has 208 valence electrons. The van der Waals surface area contributed by atoms with Crippen molar-refractivity contribution in [2.45, 2.75) is 51.6 Å². The number of halogens is 1. The molecule has 0 radical (unpaired) electrons. The van der Waals surface area contributed by atoms with Gasteiger partial charge < -0.3 is 10.2 Å². The van der Waals surface area contributed by atoms with Gasteiger partial charge in [-0.25, -0.2) is 0 Å². The summed E-state index contributed by atoms with van der Waals surface area (Å²) in [6.45, 7) is 2.99. The average Bonchev–Trinajstić information content (AvgIpc) is 3.20. The Kier molecular flexibility index (Phi) is 10.2. The first-order valence-corrected chi connectivity index (χ1v) is 14.5. The van der Waals surface area contributed by atoms with Crippen LogP contribution in [0, 0.1) is 0 Å². The summed E-state index contributed by atoms with van der Waals surface area (Å²) in [4.78, 5) is 55.7. The van der Waals surface area contributed by atoms with Crippen LogP contribution in [0.15, 0.2) is 83.3 Å². The molecule has 1 aliphatic heterocycles. The number of hydrogen-bond donors (Lipinski definition) is 1. The molecular weight excluding hydrogens is 570 g/mol. The predicted molar refractivity (Wildman–Crippen MR) is 158 cm³/mol. The molecule has 0 saturated carbocycles. The zero-order valence-corrected chi connectivity index (χ0v) is 24.2. The van der Waals surface area contributed by atoms with Gasteiger partial charge in [0, 0.05) is 36.9 Å². The largest absolute Gasteiger partial charge is 0.354 e. The minimum atomic E-state index is -0.718. The molecule has 1 heterocycles. The average molecular weight is 605 g/mol. The van der Waals surface area contributed by atoms with E-state index in [0.717, 1.165) is 28.4 Å². The Morgan fingerprint density at radius 2 is 1.52 bits per heavy atom. The molecule has 8 heteroatoms. The van der Waals surface area contributed by atoms with Gasteiger partial charge in [-0.05, 0) is 48.2 Å². The van der Waals surface area contributed by atoms with Crippen LogP contribution in [0.4, 0.5) is 0 Å². The Balaban J connectivity index is 1.53. The van der Waals surface area contributed by atoms with E-state index in [9.17, 15) is 19.2 Å². The van der Waals surface area contributed by atoms with E-state index < -0.39 is 6.04 Å². The van der Waals surface area contributed by atoms with Gasteiger partial charge in [0.25, 0.3) is 11.8 Å². The lowest BCUT2D eigenvalue weighted by Crippen LogP contribution is -2.50. The Morgan fingerprint density at radius 1 is 0.875 bits per heavy atom.